The highest BCUT2D eigenvalue weighted by molar-refractivity contribution is 7.80. The minimum atomic E-state index is -0.336. The fourth-order valence-corrected chi connectivity index (χ4v) is 2.82. The third-order valence-electron chi connectivity index (χ3n) is 3.71. The number of hydrogen-bond donors (Lipinski definition) is 1. The van der Waals surface area contributed by atoms with E-state index in [1.807, 2.05) is 6.07 Å². The molecular formula is C14H20FN3S. The second-order valence-corrected chi connectivity index (χ2v) is 5.64. The average Bonchev–Trinajstić information content (AvgIpc) is 2.38. The molecule has 1 aromatic rings. The molecule has 104 valence electrons. The summed E-state index contributed by atoms with van der Waals surface area (Å²) in [5, 5.41) is 0. The van der Waals surface area contributed by atoms with Crippen molar-refractivity contribution in [1.82, 2.24) is 4.90 Å². The molecule has 1 fully saturated rings. The van der Waals surface area contributed by atoms with Crippen LogP contribution in [0.4, 0.5) is 10.1 Å². The lowest BCUT2D eigenvalue weighted by atomic mass is 10.0. The van der Waals surface area contributed by atoms with Crippen molar-refractivity contribution >= 4 is 22.9 Å². The van der Waals surface area contributed by atoms with Gasteiger partial charge in [-0.15, -0.1) is 0 Å². The van der Waals surface area contributed by atoms with Gasteiger partial charge in [0.2, 0.25) is 0 Å². The predicted octanol–water partition coefficient (Wildman–Crippen LogP) is 1.99. The van der Waals surface area contributed by atoms with E-state index in [2.05, 4.69) is 23.9 Å². The van der Waals surface area contributed by atoms with Gasteiger partial charge in [0.1, 0.15) is 10.8 Å². The van der Waals surface area contributed by atoms with Gasteiger partial charge in [0.25, 0.3) is 0 Å². The molecule has 2 N–H and O–H groups in total. The van der Waals surface area contributed by atoms with Gasteiger partial charge in [-0.05, 0) is 39.1 Å². The van der Waals surface area contributed by atoms with E-state index in [0.717, 1.165) is 25.2 Å². The Bertz CT molecular complexity index is 476. The van der Waals surface area contributed by atoms with Gasteiger partial charge < -0.3 is 15.5 Å². The van der Waals surface area contributed by atoms with Gasteiger partial charge >= 0.3 is 0 Å². The molecule has 0 spiro atoms. The topological polar surface area (TPSA) is 32.5 Å². The van der Waals surface area contributed by atoms with Crippen LogP contribution in [0.2, 0.25) is 0 Å². The Hall–Kier alpha value is -1.20. The molecule has 5 heteroatoms. The summed E-state index contributed by atoms with van der Waals surface area (Å²) in [6, 6.07) is 5.50. The van der Waals surface area contributed by atoms with Gasteiger partial charge in [0, 0.05) is 24.8 Å². The SMILES string of the molecule is CN(C)C1CCCN(c2cccc(F)c2C(N)=S)C1. The predicted molar refractivity (Wildman–Crippen MR) is 81.2 cm³/mol. The van der Waals surface area contributed by atoms with E-state index < -0.39 is 0 Å². The molecule has 0 bridgehead atoms. The van der Waals surface area contributed by atoms with Crippen LogP contribution < -0.4 is 10.6 Å². The number of halogens is 1. The summed E-state index contributed by atoms with van der Waals surface area (Å²) in [7, 11) is 4.16. The van der Waals surface area contributed by atoms with Crippen molar-refractivity contribution < 1.29 is 4.39 Å². The Kier molecular flexibility index (Phi) is 4.37. The number of rotatable bonds is 3. The van der Waals surface area contributed by atoms with Gasteiger partial charge in [-0.25, -0.2) is 4.39 Å². The van der Waals surface area contributed by atoms with E-state index in [1.165, 1.54) is 12.5 Å². The molecule has 19 heavy (non-hydrogen) atoms. The van der Waals surface area contributed by atoms with Gasteiger partial charge in [-0.3, -0.25) is 0 Å². The van der Waals surface area contributed by atoms with Crippen LogP contribution in [0.3, 0.4) is 0 Å². The van der Waals surface area contributed by atoms with E-state index in [-0.39, 0.29) is 10.8 Å². The number of hydrogen-bond acceptors (Lipinski definition) is 3. The molecule has 0 saturated carbocycles. The van der Waals surface area contributed by atoms with E-state index in [1.54, 1.807) is 6.07 Å². The standard InChI is InChI=1S/C14H20FN3S/c1-17(2)10-5-4-8-18(9-10)12-7-3-6-11(15)13(12)14(16)19/h3,6-7,10H,4-5,8-9H2,1-2H3,(H2,16,19). The van der Waals surface area contributed by atoms with Crippen molar-refractivity contribution in [2.75, 3.05) is 32.1 Å². The zero-order chi connectivity index (χ0) is 14.0. The number of thiocarbonyl (C=S) groups is 1. The van der Waals surface area contributed by atoms with E-state index in [0.29, 0.717) is 11.6 Å². The summed E-state index contributed by atoms with van der Waals surface area (Å²) >= 11 is 4.99. The maximum absolute atomic E-state index is 13.9. The summed E-state index contributed by atoms with van der Waals surface area (Å²) in [5.41, 5.74) is 6.86. The molecule has 0 amide bonds. The maximum Gasteiger partial charge on any atom is 0.135 e. The normalized spacial score (nSPS) is 19.8. The molecule has 1 saturated heterocycles. The Morgan fingerprint density at radius 3 is 2.84 bits per heavy atom. The van der Waals surface area contributed by atoms with Crippen LogP contribution >= 0.6 is 12.2 Å². The van der Waals surface area contributed by atoms with Crippen molar-refractivity contribution in [3.05, 3.63) is 29.6 Å². The largest absolute Gasteiger partial charge is 0.389 e. The third kappa shape index (κ3) is 3.04. The van der Waals surface area contributed by atoms with Crippen LogP contribution in [0.1, 0.15) is 18.4 Å². The monoisotopic (exact) mass is 281 g/mol. The highest BCUT2D eigenvalue weighted by Gasteiger charge is 2.24. The first-order chi connectivity index (χ1) is 9.00. The van der Waals surface area contributed by atoms with E-state index >= 15 is 0 Å². The van der Waals surface area contributed by atoms with Crippen LogP contribution in [-0.4, -0.2) is 43.1 Å². The summed E-state index contributed by atoms with van der Waals surface area (Å²) in [6.45, 7) is 1.80. The lowest BCUT2D eigenvalue weighted by Crippen LogP contribution is -2.45. The summed E-state index contributed by atoms with van der Waals surface area (Å²) in [5.74, 6) is -0.336. The lowest BCUT2D eigenvalue weighted by molar-refractivity contribution is 0.258. The van der Waals surface area contributed by atoms with Crippen molar-refractivity contribution in [1.29, 1.82) is 0 Å². The molecule has 1 aliphatic heterocycles. The first-order valence-electron chi connectivity index (χ1n) is 6.50. The Labute approximate surface area is 119 Å². The first-order valence-corrected chi connectivity index (χ1v) is 6.91. The molecule has 1 unspecified atom stereocenters. The van der Waals surface area contributed by atoms with Crippen LogP contribution in [0, 0.1) is 5.82 Å². The van der Waals surface area contributed by atoms with Gasteiger partial charge in [-0.2, -0.15) is 0 Å². The van der Waals surface area contributed by atoms with E-state index in [4.69, 9.17) is 18.0 Å². The van der Waals surface area contributed by atoms with Crippen molar-refractivity contribution in [2.24, 2.45) is 5.73 Å². The van der Waals surface area contributed by atoms with Crippen LogP contribution in [0.5, 0.6) is 0 Å². The number of anilines is 1. The second kappa shape index (κ2) is 5.84. The number of nitrogens with two attached hydrogens (primary N) is 1. The molecule has 0 aromatic heterocycles. The highest BCUT2D eigenvalue weighted by Crippen LogP contribution is 2.27. The number of piperidine rings is 1. The fourth-order valence-electron chi connectivity index (χ4n) is 2.62. The van der Waals surface area contributed by atoms with Crippen molar-refractivity contribution in [2.45, 2.75) is 18.9 Å². The van der Waals surface area contributed by atoms with Crippen molar-refractivity contribution in [3.8, 4) is 0 Å². The zero-order valence-corrected chi connectivity index (χ0v) is 12.2. The molecule has 1 aliphatic rings. The van der Waals surface area contributed by atoms with Crippen LogP contribution in [-0.2, 0) is 0 Å². The van der Waals surface area contributed by atoms with Gasteiger partial charge in [0.15, 0.2) is 0 Å². The summed E-state index contributed by atoms with van der Waals surface area (Å²) in [4.78, 5) is 4.53. The summed E-state index contributed by atoms with van der Waals surface area (Å²) in [6.07, 6.45) is 2.26. The minimum Gasteiger partial charge on any atom is -0.389 e. The Morgan fingerprint density at radius 1 is 1.47 bits per heavy atom. The molecule has 0 radical (unpaired) electrons. The molecule has 3 nitrogen and oxygen atoms in total. The average molecular weight is 281 g/mol. The highest BCUT2D eigenvalue weighted by atomic mass is 32.1. The number of likely N-dealkylation sites (N-methyl/N-ethyl adjacent to an activating group) is 1. The molecule has 1 atom stereocenters. The third-order valence-corrected chi connectivity index (χ3v) is 3.91. The van der Waals surface area contributed by atoms with Crippen LogP contribution in [0.15, 0.2) is 18.2 Å². The molecule has 0 aliphatic carbocycles. The Balaban J connectivity index is 2.31. The molecule has 2 rings (SSSR count). The molecule has 1 heterocycles. The number of nitrogens with zero attached hydrogens (tertiary/aromatic N) is 2. The first kappa shape index (κ1) is 14.2. The van der Waals surface area contributed by atoms with Gasteiger partial charge in [-0.1, -0.05) is 18.3 Å². The molecular weight excluding hydrogens is 261 g/mol. The zero-order valence-electron chi connectivity index (χ0n) is 11.4. The second-order valence-electron chi connectivity index (χ2n) is 5.20. The Morgan fingerprint density at radius 2 is 2.21 bits per heavy atom. The van der Waals surface area contributed by atoms with Gasteiger partial charge in [0.05, 0.1) is 5.56 Å². The summed E-state index contributed by atoms with van der Waals surface area (Å²) < 4.78 is 13.9. The maximum atomic E-state index is 13.9. The van der Waals surface area contributed by atoms with Crippen molar-refractivity contribution in [3.63, 3.8) is 0 Å². The quantitative estimate of drug-likeness (QED) is 0.859. The lowest BCUT2D eigenvalue weighted by Gasteiger charge is -2.38. The number of benzene rings is 1. The fraction of sp³-hybridized carbons (Fsp3) is 0.500. The van der Waals surface area contributed by atoms with Crippen LogP contribution in [0.25, 0.3) is 0 Å². The minimum absolute atomic E-state index is 0.125. The molecule has 1 aromatic carbocycles. The smallest absolute Gasteiger partial charge is 0.135 e. The van der Waals surface area contributed by atoms with E-state index in [9.17, 15) is 4.39 Å².